The van der Waals surface area contributed by atoms with Crippen molar-refractivity contribution in [3.8, 4) is 12.0 Å². The van der Waals surface area contributed by atoms with E-state index in [-0.39, 0.29) is 5.41 Å². The highest BCUT2D eigenvalue weighted by atomic mass is 16.2. The van der Waals surface area contributed by atoms with Crippen LogP contribution in [-0.2, 0) is 0 Å². The SMILES string of the molecule is CCCCCC(C)(C)C#CO. The Morgan fingerprint density at radius 3 is 2.36 bits per heavy atom. The molecule has 0 aromatic heterocycles. The quantitative estimate of drug-likeness (QED) is 0.487. The minimum Gasteiger partial charge on any atom is -0.462 e. The van der Waals surface area contributed by atoms with Crippen LogP contribution >= 0.6 is 0 Å². The fourth-order valence-corrected chi connectivity index (χ4v) is 1.03. The number of hydrogen-bond donors (Lipinski definition) is 1. The van der Waals surface area contributed by atoms with Crippen LogP contribution in [0, 0.1) is 17.4 Å². The van der Waals surface area contributed by atoms with Gasteiger partial charge in [0.2, 0.25) is 0 Å². The molecule has 0 rings (SSSR count). The van der Waals surface area contributed by atoms with Crippen molar-refractivity contribution in [3.63, 3.8) is 0 Å². The van der Waals surface area contributed by atoms with Gasteiger partial charge in [-0.25, -0.2) is 0 Å². The van der Waals surface area contributed by atoms with Gasteiger partial charge in [-0.15, -0.1) is 0 Å². The Morgan fingerprint density at radius 2 is 1.91 bits per heavy atom. The molecule has 0 amide bonds. The summed E-state index contributed by atoms with van der Waals surface area (Å²) in [5.74, 6) is 2.79. The molecule has 1 nitrogen and oxygen atoms in total. The molecule has 0 aromatic rings. The Bertz CT molecular complexity index is 148. The molecule has 0 aliphatic rings. The number of aliphatic hydroxyl groups excluding tert-OH is 1. The maximum atomic E-state index is 8.40. The minimum atomic E-state index is -0.0100. The third kappa shape index (κ3) is 5.79. The Kier molecular flexibility index (Phi) is 4.77. The van der Waals surface area contributed by atoms with Crippen LogP contribution in [0.1, 0.15) is 46.5 Å². The van der Waals surface area contributed by atoms with Crippen molar-refractivity contribution in [3.05, 3.63) is 0 Å². The van der Waals surface area contributed by atoms with Gasteiger partial charge in [-0.2, -0.15) is 0 Å². The van der Waals surface area contributed by atoms with E-state index in [4.69, 9.17) is 5.11 Å². The first-order valence-electron chi connectivity index (χ1n) is 4.28. The molecule has 0 spiro atoms. The van der Waals surface area contributed by atoms with Gasteiger partial charge in [0.25, 0.3) is 0 Å². The Balaban J connectivity index is 3.61. The molecule has 0 unspecified atom stereocenters. The van der Waals surface area contributed by atoms with Crippen molar-refractivity contribution in [2.45, 2.75) is 46.5 Å². The molecule has 0 fully saturated rings. The number of unbranched alkanes of at least 4 members (excludes halogenated alkanes) is 2. The van der Waals surface area contributed by atoms with E-state index in [9.17, 15) is 0 Å². The van der Waals surface area contributed by atoms with Crippen molar-refractivity contribution in [2.75, 3.05) is 0 Å². The average molecular weight is 154 g/mol. The summed E-state index contributed by atoms with van der Waals surface area (Å²) in [6, 6.07) is 0. The van der Waals surface area contributed by atoms with E-state index in [1.165, 1.54) is 19.3 Å². The zero-order chi connectivity index (χ0) is 8.74. The fourth-order valence-electron chi connectivity index (χ4n) is 1.03. The predicted molar refractivity (Wildman–Crippen MR) is 47.6 cm³/mol. The van der Waals surface area contributed by atoms with Crippen LogP contribution in [0.4, 0.5) is 0 Å². The number of hydrogen-bond acceptors (Lipinski definition) is 1. The van der Waals surface area contributed by atoms with Crippen LogP contribution in [0.2, 0.25) is 0 Å². The molecule has 11 heavy (non-hydrogen) atoms. The van der Waals surface area contributed by atoms with Gasteiger partial charge in [0.05, 0.1) is 0 Å². The van der Waals surface area contributed by atoms with Crippen LogP contribution in [-0.4, -0.2) is 5.11 Å². The number of aliphatic hydroxyl groups is 1. The molecule has 0 atom stereocenters. The van der Waals surface area contributed by atoms with Gasteiger partial charge >= 0.3 is 0 Å². The van der Waals surface area contributed by atoms with Gasteiger partial charge in [-0.3, -0.25) is 0 Å². The molecule has 0 radical (unpaired) electrons. The Morgan fingerprint density at radius 1 is 1.27 bits per heavy atom. The molecule has 1 heteroatoms. The van der Waals surface area contributed by atoms with Gasteiger partial charge in [0, 0.05) is 5.41 Å². The minimum absolute atomic E-state index is 0.0100. The zero-order valence-corrected chi connectivity index (χ0v) is 7.78. The maximum absolute atomic E-state index is 8.40. The summed E-state index contributed by atoms with van der Waals surface area (Å²) >= 11 is 0. The summed E-state index contributed by atoms with van der Waals surface area (Å²) in [5.41, 5.74) is -0.0100. The molecule has 0 saturated carbocycles. The highest BCUT2D eigenvalue weighted by molar-refractivity contribution is 5.03. The lowest BCUT2D eigenvalue weighted by atomic mass is 9.88. The van der Waals surface area contributed by atoms with E-state index >= 15 is 0 Å². The van der Waals surface area contributed by atoms with Crippen molar-refractivity contribution >= 4 is 0 Å². The van der Waals surface area contributed by atoms with Gasteiger partial charge in [0.1, 0.15) is 6.11 Å². The lowest BCUT2D eigenvalue weighted by Crippen LogP contribution is -2.07. The van der Waals surface area contributed by atoms with E-state index in [2.05, 4.69) is 26.7 Å². The second kappa shape index (κ2) is 5.07. The van der Waals surface area contributed by atoms with Crippen LogP contribution in [0.5, 0.6) is 0 Å². The second-order valence-electron chi connectivity index (χ2n) is 3.58. The third-order valence-electron chi connectivity index (χ3n) is 1.80. The van der Waals surface area contributed by atoms with Crippen molar-refractivity contribution < 1.29 is 5.11 Å². The molecule has 0 heterocycles. The van der Waals surface area contributed by atoms with Gasteiger partial charge < -0.3 is 5.11 Å². The molecule has 0 aromatic carbocycles. The van der Waals surface area contributed by atoms with Crippen molar-refractivity contribution in [2.24, 2.45) is 5.41 Å². The van der Waals surface area contributed by atoms with Crippen LogP contribution in [0.3, 0.4) is 0 Å². The molecule has 0 saturated heterocycles. The van der Waals surface area contributed by atoms with Crippen LogP contribution in [0.15, 0.2) is 0 Å². The van der Waals surface area contributed by atoms with Gasteiger partial charge in [-0.1, -0.05) is 32.1 Å². The highest BCUT2D eigenvalue weighted by Gasteiger charge is 2.13. The summed E-state index contributed by atoms with van der Waals surface area (Å²) in [6.45, 7) is 6.31. The third-order valence-corrected chi connectivity index (χ3v) is 1.80. The summed E-state index contributed by atoms with van der Waals surface area (Å²) in [7, 11) is 0. The molecule has 0 bridgehead atoms. The standard InChI is InChI=1S/C10H18O/c1-4-5-6-7-10(2,3)8-9-11/h11H,4-7H2,1-3H3. The second-order valence-corrected chi connectivity index (χ2v) is 3.58. The first kappa shape index (κ1) is 10.4. The molecule has 64 valence electrons. The maximum Gasteiger partial charge on any atom is 0.108 e. The molecule has 1 N–H and O–H groups in total. The summed E-state index contributed by atoms with van der Waals surface area (Å²) in [6.07, 6.45) is 6.77. The van der Waals surface area contributed by atoms with E-state index < -0.39 is 0 Å². The zero-order valence-electron chi connectivity index (χ0n) is 7.78. The fraction of sp³-hybridized carbons (Fsp3) is 0.800. The summed E-state index contributed by atoms with van der Waals surface area (Å²) in [4.78, 5) is 0. The first-order chi connectivity index (χ1) is 5.12. The lowest BCUT2D eigenvalue weighted by Gasteiger charge is -2.15. The predicted octanol–water partition coefficient (Wildman–Crippen LogP) is 2.93. The Hall–Kier alpha value is -0.640. The monoisotopic (exact) mass is 154 g/mol. The molecular formula is C10H18O. The van der Waals surface area contributed by atoms with E-state index in [0.29, 0.717) is 0 Å². The average Bonchev–Trinajstić information content (AvgIpc) is 1.87. The van der Waals surface area contributed by atoms with Gasteiger partial charge in [-0.05, 0) is 20.3 Å². The van der Waals surface area contributed by atoms with Crippen LogP contribution in [0.25, 0.3) is 0 Å². The molecule has 0 aliphatic heterocycles. The molecule has 0 aliphatic carbocycles. The smallest absolute Gasteiger partial charge is 0.108 e. The summed E-state index contributed by atoms with van der Waals surface area (Å²) < 4.78 is 0. The van der Waals surface area contributed by atoms with E-state index in [1.807, 2.05) is 6.11 Å². The van der Waals surface area contributed by atoms with Gasteiger partial charge in [0.15, 0.2) is 0 Å². The highest BCUT2D eigenvalue weighted by Crippen LogP contribution is 2.22. The lowest BCUT2D eigenvalue weighted by molar-refractivity contribution is 0.422. The Labute approximate surface area is 69.8 Å². The number of rotatable bonds is 4. The van der Waals surface area contributed by atoms with Crippen molar-refractivity contribution in [1.82, 2.24) is 0 Å². The van der Waals surface area contributed by atoms with Crippen LogP contribution < -0.4 is 0 Å². The van der Waals surface area contributed by atoms with E-state index in [0.717, 1.165) is 6.42 Å². The molecular weight excluding hydrogens is 136 g/mol. The van der Waals surface area contributed by atoms with E-state index in [1.54, 1.807) is 0 Å². The normalized spacial score (nSPS) is 10.5. The topological polar surface area (TPSA) is 20.2 Å². The first-order valence-corrected chi connectivity index (χ1v) is 4.28. The van der Waals surface area contributed by atoms with Crippen molar-refractivity contribution in [1.29, 1.82) is 0 Å². The summed E-state index contributed by atoms with van der Waals surface area (Å²) in [5, 5.41) is 8.40. The largest absolute Gasteiger partial charge is 0.462 e.